The Bertz CT molecular complexity index is 589. The van der Waals surface area contributed by atoms with Crippen molar-refractivity contribution < 1.29 is 4.52 Å². The molecular formula is C15H18ClN3O. The SMILES string of the molecule is C=C(Cl)CC(N)c1nc(-c2ccc(C(C)C)cc2)no1. The molecule has 1 unspecified atom stereocenters. The van der Waals surface area contributed by atoms with Gasteiger partial charge in [-0.05, 0) is 11.5 Å². The molecule has 1 heterocycles. The molecule has 0 spiro atoms. The van der Waals surface area contributed by atoms with E-state index in [1.54, 1.807) is 0 Å². The van der Waals surface area contributed by atoms with Crippen molar-refractivity contribution in [1.29, 1.82) is 0 Å². The van der Waals surface area contributed by atoms with E-state index >= 15 is 0 Å². The molecule has 0 amide bonds. The molecule has 0 bridgehead atoms. The van der Waals surface area contributed by atoms with E-state index in [-0.39, 0.29) is 0 Å². The summed E-state index contributed by atoms with van der Waals surface area (Å²) in [4.78, 5) is 4.31. The molecule has 5 heteroatoms. The van der Waals surface area contributed by atoms with E-state index in [1.807, 2.05) is 12.1 Å². The van der Waals surface area contributed by atoms with Crippen LogP contribution < -0.4 is 5.73 Å². The Morgan fingerprint density at radius 2 is 2.00 bits per heavy atom. The summed E-state index contributed by atoms with van der Waals surface area (Å²) in [5.41, 5.74) is 8.08. The predicted octanol–water partition coefficient (Wildman–Crippen LogP) is 4.00. The molecule has 1 atom stereocenters. The first kappa shape index (κ1) is 14.8. The van der Waals surface area contributed by atoms with Crippen molar-refractivity contribution in [2.75, 3.05) is 0 Å². The normalized spacial score (nSPS) is 12.7. The van der Waals surface area contributed by atoms with Crippen LogP contribution in [0.25, 0.3) is 11.4 Å². The topological polar surface area (TPSA) is 64.9 Å². The van der Waals surface area contributed by atoms with Gasteiger partial charge in [-0.25, -0.2) is 0 Å². The summed E-state index contributed by atoms with van der Waals surface area (Å²) in [7, 11) is 0. The lowest BCUT2D eigenvalue weighted by molar-refractivity contribution is 0.355. The summed E-state index contributed by atoms with van der Waals surface area (Å²) in [6, 6.07) is 7.68. The molecule has 1 aromatic carbocycles. The first-order chi connectivity index (χ1) is 9.47. The Morgan fingerprint density at radius 1 is 1.35 bits per heavy atom. The van der Waals surface area contributed by atoms with Gasteiger partial charge < -0.3 is 10.3 Å². The molecular weight excluding hydrogens is 274 g/mol. The van der Waals surface area contributed by atoms with Crippen molar-refractivity contribution in [2.24, 2.45) is 5.73 Å². The van der Waals surface area contributed by atoms with Gasteiger partial charge in [-0.2, -0.15) is 4.98 Å². The molecule has 106 valence electrons. The Balaban J connectivity index is 2.17. The lowest BCUT2D eigenvalue weighted by atomic mass is 10.0. The highest BCUT2D eigenvalue weighted by molar-refractivity contribution is 6.29. The molecule has 4 nitrogen and oxygen atoms in total. The highest BCUT2D eigenvalue weighted by atomic mass is 35.5. The van der Waals surface area contributed by atoms with Crippen LogP contribution in [0.15, 0.2) is 40.4 Å². The van der Waals surface area contributed by atoms with E-state index in [0.717, 1.165) is 5.56 Å². The van der Waals surface area contributed by atoms with Crippen LogP contribution in [0.2, 0.25) is 0 Å². The first-order valence-corrected chi connectivity index (χ1v) is 6.88. The van der Waals surface area contributed by atoms with Gasteiger partial charge in [-0.1, -0.05) is 61.4 Å². The van der Waals surface area contributed by atoms with Crippen molar-refractivity contribution in [3.63, 3.8) is 0 Å². The van der Waals surface area contributed by atoms with Crippen LogP contribution >= 0.6 is 11.6 Å². The Morgan fingerprint density at radius 3 is 2.55 bits per heavy atom. The zero-order valence-corrected chi connectivity index (χ0v) is 12.4. The molecule has 0 radical (unpaired) electrons. The van der Waals surface area contributed by atoms with Gasteiger partial charge in [0.15, 0.2) is 0 Å². The van der Waals surface area contributed by atoms with Crippen molar-refractivity contribution in [1.82, 2.24) is 10.1 Å². The molecule has 0 aliphatic rings. The number of benzene rings is 1. The number of hydrogen-bond acceptors (Lipinski definition) is 4. The average Bonchev–Trinajstić information content (AvgIpc) is 2.87. The summed E-state index contributed by atoms with van der Waals surface area (Å²) < 4.78 is 5.17. The van der Waals surface area contributed by atoms with E-state index in [9.17, 15) is 0 Å². The zero-order chi connectivity index (χ0) is 14.7. The molecule has 20 heavy (non-hydrogen) atoms. The van der Waals surface area contributed by atoms with Gasteiger partial charge in [0.1, 0.15) is 0 Å². The number of rotatable bonds is 5. The highest BCUT2D eigenvalue weighted by Gasteiger charge is 2.16. The van der Waals surface area contributed by atoms with Crippen LogP contribution in [0.4, 0.5) is 0 Å². The summed E-state index contributed by atoms with van der Waals surface area (Å²) in [6.07, 6.45) is 0.412. The second kappa shape index (κ2) is 6.20. The van der Waals surface area contributed by atoms with Gasteiger partial charge in [0.25, 0.3) is 0 Å². The molecule has 2 rings (SSSR count). The second-order valence-electron chi connectivity index (χ2n) is 5.06. The third-order valence-corrected chi connectivity index (χ3v) is 3.19. The predicted molar refractivity (Wildman–Crippen MR) is 80.4 cm³/mol. The zero-order valence-electron chi connectivity index (χ0n) is 11.6. The third-order valence-electron chi connectivity index (χ3n) is 3.04. The van der Waals surface area contributed by atoms with E-state index in [4.69, 9.17) is 21.9 Å². The van der Waals surface area contributed by atoms with E-state index in [2.05, 4.69) is 42.7 Å². The Kier molecular flexibility index (Phi) is 4.57. The third kappa shape index (κ3) is 3.46. The number of aromatic nitrogens is 2. The molecule has 2 N–H and O–H groups in total. The van der Waals surface area contributed by atoms with Crippen molar-refractivity contribution in [3.8, 4) is 11.4 Å². The van der Waals surface area contributed by atoms with Crippen LogP contribution in [0, 0.1) is 0 Å². The van der Waals surface area contributed by atoms with Crippen molar-refractivity contribution >= 4 is 11.6 Å². The summed E-state index contributed by atoms with van der Waals surface area (Å²) in [6.45, 7) is 7.91. The minimum absolute atomic E-state index is 0.370. The quantitative estimate of drug-likeness (QED) is 0.904. The smallest absolute Gasteiger partial charge is 0.244 e. The maximum absolute atomic E-state index is 5.91. The lowest BCUT2D eigenvalue weighted by Gasteiger charge is -2.05. The molecule has 0 saturated heterocycles. The van der Waals surface area contributed by atoms with Crippen LogP contribution in [0.3, 0.4) is 0 Å². The number of nitrogens with two attached hydrogens (primary N) is 1. The van der Waals surface area contributed by atoms with Crippen molar-refractivity contribution in [3.05, 3.63) is 47.3 Å². The van der Waals surface area contributed by atoms with E-state index in [1.165, 1.54) is 5.56 Å². The summed E-state index contributed by atoms with van der Waals surface area (Å²) in [5, 5.41) is 4.42. The molecule has 0 fully saturated rings. The fourth-order valence-electron chi connectivity index (χ4n) is 1.85. The number of hydrogen-bond donors (Lipinski definition) is 1. The van der Waals surface area contributed by atoms with Crippen LogP contribution in [-0.2, 0) is 0 Å². The minimum Gasteiger partial charge on any atom is -0.337 e. The standard InChI is InChI=1S/C15H18ClN3O/c1-9(2)11-4-6-12(7-5-11)14-18-15(20-19-14)13(17)8-10(3)16/h4-7,9,13H,3,8,17H2,1-2H3. The Hall–Kier alpha value is -1.65. The van der Waals surface area contributed by atoms with E-state index < -0.39 is 6.04 Å². The molecule has 2 aromatic rings. The minimum atomic E-state index is -0.420. The monoisotopic (exact) mass is 291 g/mol. The number of halogens is 1. The maximum atomic E-state index is 5.91. The van der Waals surface area contributed by atoms with Crippen LogP contribution in [-0.4, -0.2) is 10.1 Å². The second-order valence-corrected chi connectivity index (χ2v) is 5.60. The first-order valence-electron chi connectivity index (χ1n) is 6.50. The van der Waals surface area contributed by atoms with E-state index in [0.29, 0.717) is 29.1 Å². The molecule has 0 saturated carbocycles. The van der Waals surface area contributed by atoms with Gasteiger partial charge in [-0.15, -0.1) is 0 Å². The van der Waals surface area contributed by atoms with Gasteiger partial charge in [0.05, 0.1) is 6.04 Å². The largest absolute Gasteiger partial charge is 0.337 e. The fraction of sp³-hybridized carbons (Fsp3) is 0.333. The molecule has 1 aromatic heterocycles. The highest BCUT2D eigenvalue weighted by Crippen LogP contribution is 2.23. The average molecular weight is 292 g/mol. The number of nitrogens with zero attached hydrogens (tertiary/aromatic N) is 2. The van der Waals surface area contributed by atoms with Gasteiger partial charge in [-0.3, -0.25) is 0 Å². The lowest BCUT2D eigenvalue weighted by Crippen LogP contribution is -2.10. The van der Waals surface area contributed by atoms with Crippen LogP contribution in [0.1, 0.15) is 43.7 Å². The Labute approximate surface area is 123 Å². The van der Waals surface area contributed by atoms with Gasteiger partial charge in [0, 0.05) is 17.0 Å². The summed E-state index contributed by atoms with van der Waals surface area (Å²) in [5.74, 6) is 1.40. The van der Waals surface area contributed by atoms with Gasteiger partial charge >= 0.3 is 0 Å². The van der Waals surface area contributed by atoms with Crippen LogP contribution in [0.5, 0.6) is 0 Å². The van der Waals surface area contributed by atoms with Crippen molar-refractivity contribution in [2.45, 2.75) is 32.2 Å². The summed E-state index contributed by atoms with van der Waals surface area (Å²) >= 11 is 5.73. The molecule has 0 aliphatic carbocycles. The van der Waals surface area contributed by atoms with Gasteiger partial charge in [0.2, 0.25) is 11.7 Å². The molecule has 0 aliphatic heterocycles. The maximum Gasteiger partial charge on any atom is 0.244 e. The fourth-order valence-corrected chi connectivity index (χ4v) is 2.01.